The number of hydrogen-bond acceptors (Lipinski definition) is 6. The van der Waals surface area contributed by atoms with Crippen LogP contribution in [0, 0.1) is 0 Å². The Morgan fingerprint density at radius 3 is 1.15 bits per heavy atom. The molecule has 0 heterocycles. The highest BCUT2D eigenvalue weighted by molar-refractivity contribution is 5.51. The first kappa shape index (κ1) is 21.2. The molecular weight excluding hydrogens is 348 g/mol. The fraction of sp³-hybridized carbons (Fsp3) is 0.429. The van der Waals surface area contributed by atoms with Gasteiger partial charge in [-0.1, -0.05) is 24.3 Å². The molecule has 6 N–H and O–H groups in total. The van der Waals surface area contributed by atoms with Crippen molar-refractivity contribution in [2.45, 2.75) is 32.1 Å². The van der Waals surface area contributed by atoms with Crippen molar-refractivity contribution in [2.24, 2.45) is 0 Å². The molecular formula is C21H28O6. The second-order valence-electron chi connectivity index (χ2n) is 6.60. The summed E-state index contributed by atoms with van der Waals surface area (Å²) in [7, 11) is 0. The van der Waals surface area contributed by atoms with E-state index in [9.17, 15) is 30.6 Å². The summed E-state index contributed by atoms with van der Waals surface area (Å²) < 4.78 is 0. The molecule has 0 atom stereocenters. The fourth-order valence-electron chi connectivity index (χ4n) is 3.31. The molecule has 6 heteroatoms. The van der Waals surface area contributed by atoms with Crippen molar-refractivity contribution >= 4 is 0 Å². The first-order valence-corrected chi connectivity index (χ1v) is 9.14. The molecule has 0 aliphatic carbocycles. The second kappa shape index (κ2) is 10.3. The predicted molar refractivity (Wildman–Crippen MR) is 102 cm³/mol. The molecule has 0 aliphatic rings. The highest BCUT2D eigenvalue weighted by Crippen LogP contribution is 2.32. The summed E-state index contributed by atoms with van der Waals surface area (Å²) in [5, 5.41) is 58.1. The number of aliphatic hydroxyl groups excluding tert-OH is 4. The van der Waals surface area contributed by atoms with Crippen LogP contribution in [0.2, 0.25) is 0 Å². The van der Waals surface area contributed by atoms with E-state index in [1.165, 1.54) is 0 Å². The lowest BCUT2D eigenvalue weighted by Crippen LogP contribution is -2.03. The summed E-state index contributed by atoms with van der Waals surface area (Å²) in [5.74, 6) is 0.141. The van der Waals surface area contributed by atoms with E-state index in [1.54, 1.807) is 24.3 Å². The van der Waals surface area contributed by atoms with E-state index < -0.39 is 0 Å². The summed E-state index contributed by atoms with van der Waals surface area (Å²) in [6.07, 6.45) is 1.71. The van der Waals surface area contributed by atoms with Crippen molar-refractivity contribution < 1.29 is 30.6 Å². The number of benzene rings is 2. The van der Waals surface area contributed by atoms with Crippen molar-refractivity contribution in [3.8, 4) is 11.5 Å². The standard InChI is InChI=1S/C21H28O6/c22-5-1-14-9-16(3-7-24)20(26)18(11-14)13-19-12-15(2-6-23)10-17(4-8-25)21(19)27/h9-12,22-27H,1-8,13H2. The Balaban J connectivity index is 2.48. The number of hydrogen-bond donors (Lipinski definition) is 6. The predicted octanol–water partition coefficient (Wildman–Crippen LogP) is 0.828. The zero-order valence-electron chi connectivity index (χ0n) is 15.4. The van der Waals surface area contributed by atoms with Crippen LogP contribution in [0.4, 0.5) is 0 Å². The van der Waals surface area contributed by atoms with Gasteiger partial charge in [-0.25, -0.2) is 0 Å². The van der Waals surface area contributed by atoms with Crippen molar-refractivity contribution in [1.82, 2.24) is 0 Å². The zero-order chi connectivity index (χ0) is 19.8. The topological polar surface area (TPSA) is 121 Å². The zero-order valence-corrected chi connectivity index (χ0v) is 15.4. The van der Waals surface area contributed by atoms with Crippen LogP contribution < -0.4 is 0 Å². The minimum Gasteiger partial charge on any atom is -0.507 e. The molecule has 2 aromatic carbocycles. The monoisotopic (exact) mass is 376 g/mol. The van der Waals surface area contributed by atoms with Gasteiger partial charge in [0.2, 0.25) is 0 Å². The van der Waals surface area contributed by atoms with E-state index in [1.807, 2.05) is 0 Å². The van der Waals surface area contributed by atoms with E-state index in [0.29, 0.717) is 47.9 Å². The van der Waals surface area contributed by atoms with Crippen LogP contribution >= 0.6 is 0 Å². The number of aliphatic hydroxyl groups is 4. The molecule has 2 rings (SSSR count). The van der Waals surface area contributed by atoms with Crippen LogP contribution in [-0.2, 0) is 32.1 Å². The molecule has 0 radical (unpaired) electrons. The Labute approximate surface area is 159 Å². The quantitative estimate of drug-likeness (QED) is 0.365. The van der Waals surface area contributed by atoms with Gasteiger partial charge in [0.15, 0.2) is 0 Å². The molecule has 27 heavy (non-hydrogen) atoms. The maximum atomic E-state index is 10.6. The minimum atomic E-state index is -0.104. The molecule has 0 bridgehead atoms. The smallest absolute Gasteiger partial charge is 0.122 e. The van der Waals surface area contributed by atoms with Crippen LogP contribution in [-0.4, -0.2) is 57.1 Å². The molecule has 0 aliphatic heterocycles. The van der Waals surface area contributed by atoms with E-state index in [0.717, 1.165) is 11.1 Å². The largest absolute Gasteiger partial charge is 0.507 e. The summed E-state index contributed by atoms with van der Waals surface area (Å²) >= 11 is 0. The lowest BCUT2D eigenvalue weighted by Gasteiger charge is -2.16. The summed E-state index contributed by atoms with van der Waals surface area (Å²) in [6, 6.07) is 7.11. The molecule has 0 amide bonds. The van der Waals surface area contributed by atoms with Gasteiger partial charge in [-0.2, -0.15) is 0 Å². The van der Waals surface area contributed by atoms with Crippen molar-refractivity contribution in [1.29, 1.82) is 0 Å². The Bertz CT molecular complexity index is 693. The van der Waals surface area contributed by atoms with Crippen LogP contribution in [0.5, 0.6) is 11.5 Å². The number of rotatable bonds is 10. The van der Waals surface area contributed by atoms with E-state index >= 15 is 0 Å². The lowest BCUT2D eigenvalue weighted by atomic mass is 9.92. The van der Waals surface area contributed by atoms with Gasteiger partial charge in [0.1, 0.15) is 11.5 Å². The van der Waals surface area contributed by atoms with Crippen molar-refractivity contribution in [2.75, 3.05) is 26.4 Å². The summed E-state index contributed by atoms with van der Waals surface area (Å²) in [4.78, 5) is 0. The maximum Gasteiger partial charge on any atom is 0.122 e. The Morgan fingerprint density at radius 1 is 0.481 bits per heavy atom. The average molecular weight is 376 g/mol. The normalized spacial score (nSPS) is 11.1. The molecule has 2 aromatic rings. The van der Waals surface area contributed by atoms with Gasteiger partial charge in [0.05, 0.1) is 0 Å². The lowest BCUT2D eigenvalue weighted by molar-refractivity contribution is 0.296. The number of phenols is 2. The molecule has 148 valence electrons. The average Bonchev–Trinajstić information content (AvgIpc) is 2.63. The van der Waals surface area contributed by atoms with Crippen molar-refractivity contribution in [3.05, 3.63) is 57.6 Å². The molecule has 0 unspecified atom stereocenters. The maximum absolute atomic E-state index is 10.6. The first-order valence-electron chi connectivity index (χ1n) is 9.14. The fourth-order valence-corrected chi connectivity index (χ4v) is 3.31. The Hall–Kier alpha value is -2.12. The molecule has 0 aromatic heterocycles. The Morgan fingerprint density at radius 2 is 0.815 bits per heavy atom. The van der Waals surface area contributed by atoms with Gasteiger partial charge in [-0.05, 0) is 59.1 Å². The minimum absolute atomic E-state index is 0.0271. The van der Waals surface area contributed by atoms with Crippen LogP contribution in [0.1, 0.15) is 33.4 Å². The van der Waals surface area contributed by atoms with E-state index in [-0.39, 0.29) is 44.3 Å². The third kappa shape index (κ3) is 5.43. The van der Waals surface area contributed by atoms with E-state index in [2.05, 4.69) is 0 Å². The SMILES string of the molecule is OCCc1cc(CCO)c(O)c(Cc2cc(CCO)cc(CCO)c2O)c1. The molecule has 6 nitrogen and oxygen atoms in total. The van der Waals surface area contributed by atoms with Gasteiger partial charge >= 0.3 is 0 Å². The first-order chi connectivity index (χ1) is 13.0. The summed E-state index contributed by atoms with van der Waals surface area (Å²) in [6.45, 7) is -0.262. The molecule has 0 fully saturated rings. The van der Waals surface area contributed by atoms with Gasteiger partial charge in [0.25, 0.3) is 0 Å². The van der Waals surface area contributed by atoms with Crippen LogP contribution in [0.15, 0.2) is 24.3 Å². The molecule has 0 saturated carbocycles. The van der Waals surface area contributed by atoms with Gasteiger partial charge in [-0.15, -0.1) is 0 Å². The molecule has 0 saturated heterocycles. The van der Waals surface area contributed by atoms with Crippen molar-refractivity contribution in [3.63, 3.8) is 0 Å². The second-order valence-corrected chi connectivity index (χ2v) is 6.60. The van der Waals surface area contributed by atoms with Gasteiger partial charge in [-0.3, -0.25) is 0 Å². The van der Waals surface area contributed by atoms with Crippen LogP contribution in [0.3, 0.4) is 0 Å². The van der Waals surface area contributed by atoms with Crippen LogP contribution in [0.25, 0.3) is 0 Å². The van der Waals surface area contributed by atoms with E-state index in [4.69, 9.17) is 0 Å². The molecule has 0 spiro atoms. The third-order valence-electron chi connectivity index (χ3n) is 4.60. The third-order valence-corrected chi connectivity index (χ3v) is 4.60. The summed E-state index contributed by atoms with van der Waals surface area (Å²) in [5.41, 5.74) is 4.07. The van der Waals surface area contributed by atoms with Gasteiger partial charge < -0.3 is 30.6 Å². The highest BCUT2D eigenvalue weighted by Gasteiger charge is 2.15. The van der Waals surface area contributed by atoms with Gasteiger partial charge in [0, 0.05) is 32.8 Å². The number of aromatic hydroxyl groups is 2. The Kier molecular flexibility index (Phi) is 8.06. The highest BCUT2D eigenvalue weighted by atomic mass is 16.3. The number of phenolic OH excluding ortho intramolecular Hbond substituents is 2.